The first-order valence-electron chi connectivity index (χ1n) is 9.37. The van der Waals surface area contributed by atoms with Crippen LogP contribution in [0, 0.1) is 0 Å². The number of nitrogens with one attached hydrogen (secondary N) is 1. The molecule has 9 nitrogen and oxygen atoms in total. The van der Waals surface area contributed by atoms with E-state index in [0.717, 1.165) is 24.4 Å². The smallest absolute Gasteiger partial charge is 0.325 e. The molecule has 1 N–H and O–H groups in total. The van der Waals surface area contributed by atoms with E-state index in [0.29, 0.717) is 19.6 Å². The summed E-state index contributed by atoms with van der Waals surface area (Å²) in [5.74, 6) is 0.804. The highest BCUT2D eigenvalue weighted by molar-refractivity contribution is 6.03. The number of amides is 4. The number of carbonyl (C=O) groups is 3. The Hall–Kier alpha value is -3.23. The minimum absolute atomic E-state index is 0.0496. The number of nitrogens with zero attached hydrogens (tertiary/aromatic N) is 5. The van der Waals surface area contributed by atoms with Crippen molar-refractivity contribution in [3.63, 3.8) is 0 Å². The summed E-state index contributed by atoms with van der Waals surface area (Å²) in [7, 11) is 0. The van der Waals surface area contributed by atoms with Crippen molar-refractivity contribution in [3.05, 3.63) is 48.3 Å². The van der Waals surface area contributed by atoms with Gasteiger partial charge in [-0.15, -0.1) is 0 Å². The van der Waals surface area contributed by atoms with E-state index in [4.69, 9.17) is 0 Å². The molecule has 0 saturated carbocycles. The van der Waals surface area contributed by atoms with Gasteiger partial charge in [-0.2, -0.15) is 0 Å². The van der Waals surface area contributed by atoms with Crippen LogP contribution in [0.5, 0.6) is 0 Å². The van der Waals surface area contributed by atoms with Crippen LogP contribution in [0.15, 0.2) is 36.8 Å². The Morgan fingerprint density at radius 1 is 1.14 bits per heavy atom. The molecule has 28 heavy (non-hydrogen) atoms. The molecule has 2 saturated heterocycles. The SMILES string of the molecule is O=C1CN(CC(=O)N2CCC(c3nccn3Cc3ccccn3)CC2)C(=O)N1. The maximum Gasteiger partial charge on any atom is 0.325 e. The zero-order chi connectivity index (χ0) is 19.5. The molecule has 0 aromatic carbocycles. The summed E-state index contributed by atoms with van der Waals surface area (Å²) in [6.45, 7) is 1.79. The fourth-order valence-electron chi connectivity index (χ4n) is 3.74. The Bertz CT molecular complexity index is 873. The molecule has 0 radical (unpaired) electrons. The molecule has 2 fully saturated rings. The van der Waals surface area contributed by atoms with Crippen molar-refractivity contribution < 1.29 is 14.4 Å². The predicted molar refractivity (Wildman–Crippen MR) is 99.2 cm³/mol. The lowest BCUT2D eigenvalue weighted by molar-refractivity contribution is -0.132. The van der Waals surface area contributed by atoms with Gasteiger partial charge in [0.2, 0.25) is 11.8 Å². The van der Waals surface area contributed by atoms with Gasteiger partial charge in [-0.3, -0.25) is 19.9 Å². The van der Waals surface area contributed by atoms with E-state index in [1.54, 1.807) is 17.3 Å². The molecule has 2 aromatic rings. The Kier molecular flexibility index (Phi) is 5.05. The van der Waals surface area contributed by atoms with Gasteiger partial charge in [-0.05, 0) is 25.0 Å². The van der Waals surface area contributed by atoms with Crippen LogP contribution in [0.4, 0.5) is 4.79 Å². The summed E-state index contributed by atoms with van der Waals surface area (Å²) in [6.07, 6.45) is 7.18. The molecule has 4 heterocycles. The maximum absolute atomic E-state index is 12.5. The van der Waals surface area contributed by atoms with E-state index < -0.39 is 6.03 Å². The number of urea groups is 1. The summed E-state index contributed by atoms with van der Waals surface area (Å²) in [4.78, 5) is 47.2. The topological polar surface area (TPSA) is 100 Å². The minimum Gasteiger partial charge on any atom is -0.341 e. The number of hydrogen-bond acceptors (Lipinski definition) is 5. The van der Waals surface area contributed by atoms with Crippen LogP contribution >= 0.6 is 0 Å². The van der Waals surface area contributed by atoms with Crippen LogP contribution in [-0.2, 0) is 16.1 Å². The number of hydrogen-bond donors (Lipinski definition) is 1. The van der Waals surface area contributed by atoms with Gasteiger partial charge in [-0.1, -0.05) is 6.07 Å². The molecule has 4 amide bonds. The lowest BCUT2D eigenvalue weighted by atomic mass is 9.95. The van der Waals surface area contributed by atoms with E-state index in [2.05, 4.69) is 19.9 Å². The van der Waals surface area contributed by atoms with Gasteiger partial charge in [0.25, 0.3) is 0 Å². The molecule has 0 aliphatic carbocycles. The third-order valence-corrected chi connectivity index (χ3v) is 5.21. The number of imidazole rings is 1. The van der Waals surface area contributed by atoms with Gasteiger partial charge in [0, 0.05) is 37.6 Å². The number of rotatable bonds is 5. The lowest BCUT2D eigenvalue weighted by Crippen LogP contribution is -2.44. The molecule has 0 bridgehead atoms. The van der Waals surface area contributed by atoms with Gasteiger partial charge in [0.05, 0.1) is 12.2 Å². The molecule has 0 spiro atoms. The van der Waals surface area contributed by atoms with Gasteiger partial charge in [0.15, 0.2) is 0 Å². The summed E-state index contributed by atoms with van der Waals surface area (Å²) in [6, 6.07) is 5.36. The minimum atomic E-state index is -0.496. The Balaban J connectivity index is 1.33. The van der Waals surface area contributed by atoms with Gasteiger partial charge in [0.1, 0.15) is 18.9 Å². The highest BCUT2D eigenvalue weighted by Gasteiger charge is 2.32. The fourth-order valence-corrected chi connectivity index (χ4v) is 3.74. The number of pyridine rings is 1. The van der Waals surface area contributed by atoms with E-state index in [9.17, 15) is 14.4 Å². The van der Waals surface area contributed by atoms with E-state index in [1.807, 2.05) is 24.4 Å². The van der Waals surface area contributed by atoms with Gasteiger partial charge in [-0.25, -0.2) is 9.78 Å². The summed E-state index contributed by atoms with van der Waals surface area (Å²) >= 11 is 0. The molecule has 0 atom stereocenters. The molecule has 0 unspecified atom stereocenters. The molecule has 9 heteroatoms. The summed E-state index contributed by atoms with van der Waals surface area (Å²) < 4.78 is 2.12. The lowest BCUT2D eigenvalue weighted by Gasteiger charge is -2.32. The van der Waals surface area contributed by atoms with Crippen LogP contribution in [0.25, 0.3) is 0 Å². The van der Waals surface area contributed by atoms with E-state index >= 15 is 0 Å². The van der Waals surface area contributed by atoms with Crippen LogP contribution < -0.4 is 5.32 Å². The average Bonchev–Trinajstić information content (AvgIpc) is 3.28. The second-order valence-electron chi connectivity index (χ2n) is 7.10. The Morgan fingerprint density at radius 2 is 1.96 bits per heavy atom. The Labute approximate surface area is 162 Å². The molecule has 2 aliphatic rings. The second-order valence-corrected chi connectivity index (χ2v) is 7.10. The second kappa shape index (κ2) is 7.79. The Morgan fingerprint density at radius 3 is 2.64 bits per heavy atom. The molecule has 146 valence electrons. The molecular weight excluding hydrogens is 360 g/mol. The summed E-state index contributed by atoms with van der Waals surface area (Å²) in [5.41, 5.74) is 0.979. The largest absolute Gasteiger partial charge is 0.341 e. The number of carbonyl (C=O) groups excluding carboxylic acids is 3. The van der Waals surface area contributed by atoms with Crippen LogP contribution in [0.3, 0.4) is 0 Å². The normalized spacial score (nSPS) is 17.9. The van der Waals surface area contributed by atoms with E-state index in [-0.39, 0.29) is 30.8 Å². The number of aromatic nitrogens is 3. The van der Waals surface area contributed by atoms with Crippen molar-refractivity contribution in [2.24, 2.45) is 0 Å². The quantitative estimate of drug-likeness (QED) is 0.763. The van der Waals surface area contributed by atoms with Crippen molar-refractivity contribution in [2.45, 2.75) is 25.3 Å². The highest BCUT2D eigenvalue weighted by atomic mass is 16.2. The van der Waals surface area contributed by atoms with Crippen LogP contribution in [0.1, 0.15) is 30.3 Å². The van der Waals surface area contributed by atoms with Crippen molar-refractivity contribution in [3.8, 4) is 0 Å². The van der Waals surface area contributed by atoms with Crippen molar-refractivity contribution >= 4 is 17.8 Å². The van der Waals surface area contributed by atoms with Crippen molar-refractivity contribution in [1.82, 2.24) is 29.7 Å². The summed E-state index contributed by atoms with van der Waals surface area (Å²) in [5, 5.41) is 2.19. The molecule has 4 rings (SSSR count). The molecule has 2 aliphatic heterocycles. The zero-order valence-corrected chi connectivity index (χ0v) is 15.5. The predicted octanol–water partition coefficient (Wildman–Crippen LogP) is 0.584. The fraction of sp³-hybridized carbons (Fsp3) is 0.421. The molecular formula is C19H22N6O3. The van der Waals surface area contributed by atoms with E-state index in [1.165, 1.54) is 4.90 Å². The first-order valence-corrected chi connectivity index (χ1v) is 9.37. The third kappa shape index (κ3) is 3.88. The van der Waals surface area contributed by atoms with Crippen molar-refractivity contribution in [2.75, 3.05) is 26.2 Å². The highest BCUT2D eigenvalue weighted by Crippen LogP contribution is 2.27. The standard InChI is InChI=1S/C19H22N6O3/c26-16-12-25(19(28)22-16)13-17(27)23-8-4-14(5-9-23)18-21-7-10-24(18)11-15-3-1-2-6-20-15/h1-3,6-7,10,14H,4-5,8-9,11-13H2,(H,22,26,28). The monoisotopic (exact) mass is 382 g/mol. The maximum atomic E-state index is 12.5. The molecule has 2 aromatic heterocycles. The average molecular weight is 382 g/mol. The third-order valence-electron chi connectivity index (χ3n) is 5.21. The van der Waals surface area contributed by atoms with Crippen LogP contribution in [0.2, 0.25) is 0 Å². The van der Waals surface area contributed by atoms with Crippen molar-refractivity contribution in [1.29, 1.82) is 0 Å². The first kappa shape index (κ1) is 18.1. The number of imide groups is 1. The zero-order valence-electron chi connectivity index (χ0n) is 15.5. The van der Waals surface area contributed by atoms with Gasteiger partial charge < -0.3 is 14.4 Å². The van der Waals surface area contributed by atoms with Crippen LogP contribution in [-0.4, -0.2) is 68.4 Å². The first-order chi connectivity index (χ1) is 13.6. The van der Waals surface area contributed by atoms with Gasteiger partial charge >= 0.3 is 6.03 Å². The number of piperidine rings is 1. The number of likely N-dealkylation sites (tertiary alicyclic amines) is 1.